The molecule has 0 saturated carbocycles. The summed E-state index contributed by atoms with van der Waals surface area (Å²) in [6, 6.07) is 13.3. The highest BCUT2D eigenvalue weighted by Crippen LogP contribution is 2.40. The third kappa shape index (κ3) is 5.77. The summed E-state index contributed by atoms with van der Waals surface area (Å²) in [6.07, 6.45) is 4.92. The Morgan fingerprint density at radius 2 is 1.70 bits per heavy atom. The van der Waals surface area contributed by atoms with E-state index in [-0.39, 0.29) is 11.7 Å². The smallest absolute Gasteiger partial charge is 0.332 e. The average Bonchev–Trinajstić information content (AvgIpc) is 3.82. The van der Waals surface area contributed by atoms with Crippen LogP contribution in [0.4, 0.5) is 11.6 Å². The Balaban J connectivity index is 0.979. The zero-order chi connectivity index (χ0) is 32.9. The zero-order valence-electron chi connectivity index (χ0n) is 26.2. The Morgan fingerprint density at radius 3 is 2.40 bits per heavy atom. The number of hydrogen-bond donors (Lipinski definition) is 0. The fourth-order valence-corrected chi connectivity index (χ4v) is 6.82. The van der Waals surface area contributed by atoms with E-state index in [0.29, 0.717) is 65.6 Å². The first-order valence-electron chi connectivity index (χ1n) is 15.2. The molecule has 246 valence electrons. The van der Waals surface area contributed by atoms with Gasteiger partial charge >= 0.3 is 5.69 Å². The van der Waals surface area contributed by atoms with E-state index < -0.39 is 11.5 Å². The van der Waals surface area contributed by atoms with Gasteiger partial charge in [0, 0.05) is 76.0 Å². The lowest BCUT2D eigenvalue weighted by atomic mass is 10.1. The number of benzene rings is 2. The lowest BCUT2D eigenvalue weighted by Gasteiger charge is -2.36. The molecule has 15 heteroatoms. The number of hydrogen-bond acceptors (Lipinski definition) is 9. The van der Waals surface area contributed by atoms with Crippen molar-refractivity contribution in [1.82, 2.24) is 28.2 Å². The van der Waals surface area contributed by atoms with Gasteiger partial charge in [-0.25, -0.2) is 9.78 Å². The van der Waals surface area contributed by atoms with Crippen molar-refractivity contribution in [3.05, 3.63) is 97.6 Å². The van der Waals surface area contributed by atoms with Crippen LogP contribution >= 0.6 is 23.2 Å². The first-order valence-corrected chi connectivity index (χ1v) is 16.0. The van der Waals surface area contributed by atoms with Gasteiger partial charge in [-0.15, -0.1) is 0 Å². The van der Waals surface area contributed by atoms with Crippen LogP contribution in [0.2, 0.25) is 10.0 Å². The van der Waals surface area contributed by atoms with Gasteiger partial charge in [-0.05, 0) is 36.4 Å². The molecule has 13 nitrogen and oxygen atoms in total. The van der Waals surface area contributed by atoms with Crippen LogP contribution in [0.5, 0.6) is 5.75 Å². The van der Waals surface area contributed by atoms with Gasteiger partial charge in [0.25, 0.3) is 5.56 Å². The van der Waals surface area contributed by atoms with Gasteiger partial charge in [-0.1, -0.05) is 29.3 Å². The largest absolute Gasteiger partial charge is 0.491 e. The van der Waals surface area contributed by atoms with Crippen LogP contribution in [-0.4, -0.2) is 73.7 Å². The molecular weight excluding hydrogens is 647 g/mol. The van der Waals surface area contributed by atoms with E-state index in [1.807, 2.05) is 48.1 Å². The highest BCUT2D eigenvalue weighted by atomic mass is 35.5. The first-order chi connectivity index (χ1) is 22.6. The molecule has 7 rings (SSSR count). The Morgan fingerprint density at radius 1 is 0.957 bits per heavy atom. The van der Waals surface area contributed by atoms with Gasteiger partial charge < -0.3 is 33.1 Å². The number of nitrogens with zero attached hydrogens (tertiary/aromatic N) is 8. The molecule has 47 heavy (non-hydrogen) atoms. The van der Waals surface area contributed by atoms with Crippen LogP contribution in [0.3, 0.4) is 0 Å². The van der Waals surface area contributed by atoms with Crippen molar-refractivity contribution in [3.63, 3.8) is 0 Å². The molecule has 3 aromatic heterocycles. The van der Waals surface area contributed by atoms with Crippen LogP contribution in [0.25, 0.3) is 11.2 Å². The standard InChI is InChI=1S/C32H34Cl2N8O5/c1-37-27-28(38(2)31(44)39(3)29(27)43)36-30(37)42-14-12-41(13-15-42)22-5-7-23(8-6-22)45-17-24-18-46-32(47-24,19-40-11-10-35-20-40)25-9-4-21(33)16-26(25)34/h4-11,16,20,24H,12-15,17-19H2,1-3H3. The van der Waals surface area contributed by atoms with Gasteiger partial charge in [0.1, 0.15) is 18.5 Å². The van der Waals surface area contributed by atoms with Crippen LogP contribution in [0.1, 0.15) is 5.56 Å². The van der Waals surface area contributed by atoms with Gasteiger partial charge in [-0.2, -0.15) is 4.98 Å². The number of aryl methyl sites for hydroxylation is 2. The van der Waals surface area contributed by atoms with Crippen LogP contribution in [0.15, 0.2) is 70.8 Å². The highest BCUT2D eigenvalue weighted by Gasteiger charge is 2.45. The molecule has 0 aliphatic carbocycles. The fourth-order valence-electron chi connectivity index (χ4n) is 6.27. The molecule has 0 bridgehead atoms. The van der Waals surface area contributed by atoms with Crippen molar-refractivity contribution in [3.8, 4) is 5.75 Å². The van der Waals surface area contributed by atoms with Gasteiger partial charge in [0.2, 0.25) is 11.7 Å². The van der Waals surface area contributed by atoms with E-state index in [4.69, 9.17) is 37.4 Å². The molecule has 2 unspecified atom stereocenters. The number of aromatic nitrogens is 6. The first kappa shape index (κ1) is 31.3. The van der Waals surface area contributed by atoms with Crippen molar-refractivity contribution in [2.45, 2.75) is 18.4 Å². The van der Waals surface area contributed by atoms with E-state index >= 15 is 0 Å². The molecule has 0 radical (unpaired) electrons. The fraction of sp³-hybridized carbons (Fsp3) is 0.375. The Bertz CT molecular complexity index is 2030. The van der Waals surface area contributed by atoms with Gasteiger partial charge in [-0.3, -0.25) is 13.9 Å². The summed E-state index contributed by atoms with van der Waals surface area (Å²) in [4.78, 5) is 38.5. The van der Waals surface area contributed by atoms with Gasteiger partial charge in [0.05, 0.1) is 24.5 Å². The summed E-state index contributed by atoms with van der Waals surface area (Å²) < 4.78 is 25.1. The predicted molar refractivity (Wildman–Crippen MR) is 179 cm³/mol. The van der Waals surface area contributed by atoms with E-state index in [1.54, 1.807) is 36.3 Å². The second kappa shape index (κ2) is 12.4. The number of fused-ring (bicyclic) bond motifs is 1. The second-order valence-electron chi connectivity index (χ2n) is 11.8. The summed E-state index contributed by atoms with van der Waals surface area (Å²) in [7, 11) is 4.93. The van der Waals surface area contributed by atoms with E-state index in [9.17, 15) is 9.59 Å². The maximum absolute atomic E-state index is 12.8. The van der Waals surface area contributed by atoms with Crippen molar-refractivity contribution >= 4 is 46.0 Å². The number of halogens is 2. The zero-order valence-corrected chi connectivity index (χ0v) is 27.7. The maximum Gasteiger partial charge on any atom is 0.332 e. The monoisotopic (exact) mass is 680 g/mol. The lowest BCUT2D eigenvalue weighted by molar-refractivity contribution is -0.189. The summed E-state index contributed by atoms with van der Waals surface area (Å²) in [6.45, 7) is 3.93. The normalized spacial score (nSPS) is 20.0. The third-order valence-electron chi connectivity index (χ3n) is 8.80. The third-order valence-corrected chi connectivity index (χ3v) is 9.35. The summed E-state index contributed by atoms with van der Waals surface area (Å²) in [5, 5.41) is 0.991. The molecule has 0 N–H and O–H groups in total. The molecule has 2 fully saturated rings. The Kier molecular flexibility index (Phi) is 8.25. The predicted octanol–water partition coefficient (Wildman–Crippen LogP) is 3.15. The minimum Gasteiger partial charge on any atom is -0.491 e. The number of anilines is 2. The van der Waals surface area contributed by atoms with E-state index in [2.05, 4.69) is 19.8 Å². The number of rotatable bonds is 8. The molecule has 5 heterocycles. The topological polar surface area (TPSA) is 114 Å². The summed E-state index contributed by atoms with van der Waals surface area (Å²) in [5.41, 5.74) is 1.83. The molecule has 0 amide bonds. The minimum absolute atomic E-state index is 0.293. The quantitative estimate of drug-likeness (QED) is 0.244. The molecule has 5 aromatic rings. The molecule has 2 aliphatic rings. The minimum atomic E-state index is -1.12. The van der Waals surface area contributed by atoms with E-state index in [0.717, 1.165) is 29.1 Å². The van der Waals surface area contributed by atoms with E-state index in [1.165, 1.54) is 11.6 Å². The SMILES string of the molecule is Cn1c(=O)c2c(nc(N3CCN(c4ccc(OCC5COC(Cn6ccnc6)(c6ccc(Cl)cc6Cl)O5)cc4)CC3)n2C)n(C)c1=O. The van der Waals surface area contributed by atoms with Crippen molar-refractivity contribution < 1.29 is 14.2 Å². The number of ether oxygens (including phenoxy) is 3. The second-order valence-corrected chi connectivity index (χ2v) is 12.6. The molecule has 2 saturated heterocycles. The number of piperazine rings is 1. The van der Waals surface area contributed by atoms with Crippen molar-refractivity contribution in [2.24, 2.45) is 21.1 Å². The van der Waals surface area contributed by atoms with Gasteiger partial charge in [0.15, 0.2) is 11.2 Å². The molecular formula is C32H34Cl2N8O5. The highest BCUT2D eigenvalue weighted by molar-refractivity contribution is 6.35. The molecule has 2 aliphatic heterocycles. The number of imidazole rings is 2. The average molecular weight is 682 g/mol. The Hall–Kier alpha value is -4.30. The molecule has 2 aromatic carbocycles. The summed E-state index contributed by atoms with van der Waals surface area (Å²) >= 11 is 12.7. The van der Waals surface area contributed by atoms with Crippen LogP contribution < -0.4 is 25.8 Å². The maximum atomic E-state index is 12.8. The molecule has 0 spiro atoms. The van der Waals surface area contributed by atoms with Crippen LogP contribution in [-0.2, 0) is 42.9 Å². The molecule has 2 atom stereocenters. The van der Waals surface area contributed by atoms with Crippen molar-refractivity contribution in [1.29, 1.82) is 0 Å². The summed E-state index contributed by atoms with van der Waals surface area (Å²) in [5.74, 6) is 0.280. The lowest BCUT2D eigenvalue weighted by Crippen LogP contribution is -2.47. The van der Waals surface area contributed by atoms with Crippen LogP contribution in [0, 0.1) is 0 Å². The van der Waals surface area contributed by atoms with Crippen molar-refractivity contribution in [2.75, 3.05) is 49.2 Å². The Labute approximate surface area is 280 Å².